The molecule has 0 saturated heterocycles. The Balaban J connectivity index is 1.62. The summed E-state index contributed by atoms with van der Waals surface area (Å²) in [5, 5.41) is 11.7. The lowest BCUT2D eigenvalue weighted by atomic mass is 10.1. The first-order chi connectivity index (χ1) is 13.5. The van der Waals surface area contributed by atoms with E-state index < -0.39 is 22.5 Å². The van der Waals surface area contributed by atoms with Crippen LogP contribution in [0.25, 0.3) is 11.1 Å². The minimum atomic E-state index is -3.97. The summed E-state index contributed by atoms with van der Waals surface area (Å²) in [6.45, 7) is -0.442. The zero-order valence-electron chi connectivity index (χ0n) is 14.8. The molecule has 140 valence electrons. The Morgan fingerprint density at radius 2 is 1.46 bits per heavy atom. The van der Waals surface area contributed by atoms with Crippen molar-refractivity contribution in [3.63, 3.8) is 0 Å². The molecule has 7 heteroatoms. The smallest absolute Gasteiger partial charge is 0.242 e. The predicted molar refractivity (Wildman–Crippen MR) is 107 cm³/mol. The second-order valence-electron chi connectivity index (χ2n) is 5.92. The Morgan fingerprint density at radius 1 is 0.857 bits per heavy atom. The first-order valence-corrected chi connectivity index (χ1v) is 9.92. The molecule has 0 aliphatic carbocycles. The predicted octanol–water partition coefficient (Wildman–Crippen LogP) is 3.14. The molecule has 3 rings (SSSR count). The minimum absolute atomic E-state index is 0.0203. The van der Waals surface area contributed by atoms with Crippen LogP contribution in [0.2, 0.25) is 0 Å². The molecular formula is C21H17N3O3S. The van der Waals surface area contributed by atoms with Crippen molar-refractivity contribution >= 4 is 21.6 Å². The van der Waals surface area contributed by atoms with Crippen LogP contribution in [0.1, 0.15) is 5.56 Å². The monoisotopic (exact) mass is 391 g/mol. The van der Waals surface area contributed by atoms with Gasteiger partial charge in [-0.3, -0.25) is 4.79 Å². The molecule has 0 bridgehead atoms. The van der Waals surface area contributed by atoms with Crippen molar-refractivity contribution in [3.8, 4) is 17.2 Å². The van der Waals surface area contributed by atoms with Crippen LogP contribution in [0, 0.1) is 11.3 Å². The summed E-state index contributed by atoms with van der Waals surface area (Å²) in [5.41, 5.74) is 2.64. The van der Waals surface area contributed by atoms with E-state index in [4.69, 9.17) is 5.26 Å². The molecule has 0 fully saturated rings. The van der Waals surface area contributed by atoms with Gasteiger partial charge in [-0.05, 0) is 35.4 Å². The zero-order valence-corrected chi connectivity index (χ0v) is 15.6. The maximum absolute atomic E-state index is 12.3. The summed E-state index contributed by atoms with van der Waals surface area (Å²) in [6.07, 6.45) is 0. The van der Waals surface area contributed by atoms with Crippen molar-refractivity contribution in [1.29, 1.82) is 5.26 Å². The average molecular weight is 391 g/mol. The van der Waals surface area contributed by atoms with Gasteiger partial charge in [-0.2, -0.15) is 5.26 Å². The number of carbonyl (C=O) groups excluding carboxylic acids is 1. The van der Waals surface area contributed by atoms with Gasteiger partial charge in [-0.1, -0.05) is 54.6 Å². The number of sulfonamides is 1. The van der Waals surface area contributed by atoms with Gasteiger partial charge in [0, 0.05) is 5.69 Å². The van der Waals surface area contributed by atoms with Gasteiger partial charge >= 0.3 is 0 Å². The number of rotatable bonds is 6. The molecular weight excluding hydrogens is 374 g/mol. The Hall–Kier alpha value is -3.47. The van der Waals surface area contributed by atoms with Gasteiger partial charge in [0.15, 0.2) is 0 Å². The highest BCUT2D eigenvalue weighted by atomic mass is 32.2. The molecule has 0 unspecified atom stereocenters. The number of hydrogen-bond acceptors (Lipinski definition) is 4. The molecule has 0 heterocycles. The number of carbonyl (C=O) groups is 1. The second-order valence-corrected chi connectivity index (χ2v) is 7.66. The number of amides is 1. The molecule has 0 aromatic heterocycles. The topological polar surface area (TPSA) is 99.1 Å². The summed E-state index contributed by atoms with van der Waals surface area (Å²) in [5.74, 6) is -0.509. The fourth-order valence-corrected chi connectivity index (χ4v) is 3.75. The molecule has 0 aliphatic heterocycles. The Kier molecular flexibility index (Phi) is 5.84. The molecule has 0 aliphatic rings. The standard InChI is InChI=1S/C21H17N3O3S/c22-14-18-8-4-5-9-20(18)28(26,27)23-15-21(25)24-19-12-10-17(11-13-19)16-6-2-1-3-7-16/h1-13,23H,15H2,(H,24,25). The summed E-state index contributed by atoms with van der Waals surface area (Å²) in [7, 11) is -3.97. The summed E-state index contributed by atoms with van der Waals surface area (Å²) in [6, 6.07) is 24.7. The van der Waals surface area contributed by atoms with Crippen LogP contribution < -0.4 is 10.0 Å². The number of nitrogens with one attached hydrogen (secondary N) is 2. The number of benzene rings is 3. The quantitative estimate of drug-likeness (QED) is 0.674. The van der Waals surface area contributed by atoms with E-state index in [1.165, 1.54) is 18.2 Å². The molecule has 3 aromatic rings. The van der Waals surface area contributed by atoms with Gasteiger partial charge in [-0.15, -0.1) is 0 Å². The molecule has 0 atom stereocenters. The summed E-state index contributed by atoms with van der Waals surface area (Å²) in [4.78, 5) is 11.9. The van der Waals surface area contributed by atoms with Crippen molar-refractivity contribution in [2.45, 2.75) is 4.90 Å². The highest BCUT2D eigenvalue weighted by Crippen LogP contribution is 2.21. The summed E-state index contributed by atoms with van der Waals surface area (Å²) >= 11 is 0. The van der Waals surface area contributed by atoms with Crippen molar-refractivity contribution < 1.29 is 13.2 Å². The van der Waals surface area contributed by atoms with E-state index in [2.05, 4.69) is 10.0 Å². The molecule has 0 spiro atoms. The van der Waals surface area contributed by atoms with E-state index in [0.717, 1.165) is 11.1 Å². The van der Waals surface area contributed by atoms with Crippen molar-refractivity contribution in [3.05, 3.63) is 84.4 Å². The van der Waals surface area contributed by atoms with E-state index in [9.17, 15) is 13.2 Å². The van der Waals surface area contributed by atoms with E-state index in [1.807, 2.05) is 48.5 Å². The molecule has 6 nitrogen and oxygen atoms in total. The highest BCUT2D eigenvalue weighted by Gasteiger charge is 2.19. The van der Waals surface area contributed by atoms with Crippen LogP contribution in [-0.2, 0) is 14.8 Å². The maximum Gasteiger partial charge on any atom is 0.242 e. The third-order valence-electron chi connectivity index (χ3n) is 4.00. The normalized spacial score (nSPS) is 10.8. The molecule has 3 aromatic carbocycles. The fraction of sp³-hybridized carbons (Fsp3) is 0.0476. The lowest BCUT2D eigenvalue weighted by molar-refractivity contribution is -0.115. The fourth-order valence-electron chi connectivity index (χ4n) is 2.61. The van der Waals surface area contributed by atoms with Gasteiger partial charge in [0.1, 0.15) is 6.07 Å². The Bertz CT molecular complexity index is 1120. The Morgan fingerprint density at radius 3 is 2.14 bits per heavy atom. The van der Waals surface area contributed by atoms with Gasteiger partial charge in [-0.25, -0.2) is 13.1 Å². The minimum Gasteiger partial charge on any atom is -0.325 e. The molecule has 28 heavy (non-hydrogen) atoms. The van der Waals surface area contributed by atoms with E-state index >= 15 is 0 Å². The number of anilines is 1. The Labute approximate surface area is 163 Å². The molecule has 0 radical (unpaired) electrons. The van der Waals surface area contributed by atoms with E-state index in [0.29, 0.717) is 5.69 Å². The molecule has 0 saturated carbocycles. The van der Waals surface area contributed by atoms with Crippen LogP contribution >= 0.6 is 0 Å². The van der Waals surface area contributed by atoms with Gasteiger partial charge in [0.2, 0.25) is 15.9 Å². The van der Waals surface area contributed by atoms with Crippen molar-refractivity contribution in [2.24, 2.45) is 0 Å². The SMILES string of the molecule is N#Cc1ccccc1S(=O)(=O)NCC(=O)Nc1ccc(-c2ccccc2)cc1. The lowest BCUT2D eigenvalue weighted by Crippen LogP contribution is -2.33. The average Bonchev–Trinajstić information content (AvgIpc) is 2.73. The second kappa shape index (κ2) is 8.48. The molecule has 2 N–H and O–H groups in total. The van der Waals surface area contributed by atoms with Gasteiger partial charge in [0.25, 0.3) is 0 Å². The van der Waals surface area contributed by atoms with Crippen LogP contribution in [0.3, 0.4) is 0 Å². The number of nitrogens with zero attached hydrogens (tertiary/aromatic N) is 1. The van der Waals surface area contributed by atoms with Crippen LogP contribution in [-0.4, -0.2) is 20.9 Å². The lowest BCUT2D eigenvalue weighted by Gasteiger charge is -2.09. The van der Waals surface area contributed by atoms with Crippen LogP contribution in [0.15, 0.2) is 83.8 Å². The van der Waals surface area contributed by atoms with Crippen LogP contribution in [0.4, 0.5) is 5.69 Å². The summed E-state index contributed by atoms with van der Waals surface area (Å²) < 4.78 is 26.9. The van der Waals surface area contributed by atoms with Gasteiger partial charge < -0.3 is 5.32 Å². The van der Waals surface area contributed by atoms with E-state index in [1.54, 1.807) is 18.2 Å². The van der Waals surface area contributed by atoms with Crippen molar-refractivity contribution in [1.82, 2.24) is 4.72 Å². The first-order valence-electron chi connectivity index (χ1n) is 8.44. The largest absolute Gasteiger partial charge is 0.325 e. The third-order valence-corrected chi connectivity index (χ3v) is 5.45. The zero-order chi connectivity index (χ0) is 20.0. The maximum atomic E-state index is 12.3. The number of hydrogen-bond donors (Lipinski definition) is 2. The van der Waals surface area contributed by atoms with E-state index in [-0.39, 0.29) is 10.5 Å². The first kappa shape index (κ1) is 19.3. The highest BCUT2D eigenvalue weighted by molar-refractivity contribution is 7.89. The van der Waals surface area contributed by atoms with Crippen molar-refractivity contribution in [2.75, 3.05) is 11.9 Å². The van der Waals surface area contributed by atoms with Crippen LogP contribution in [0.5, 0.6) is 0 Å². The molecule has 1 amide bonds. The third kappa shape index (κ3) is 4.62. The van der Waals surface area contributed by atoms with Gasteiger partial charge in [0.05, 0.1) is 17.0 Å². The number of nitriles is 1.